The summed E-state index contributed by atoms with van der Waals surface area (Å²) in [5, 5.41) is 4.11. The van der Waals surface area contributed by atoms with Crippen LogP contribution in [-0.2, 0) is 6.42 Å². The fourth-order valence-corrected chi connectivity index (χ4v) is 2.86. The van der Waals surface area contributed by atoms with Gasteiger partial charge in [-0.3, -0.25) is 4.79 Å². The van der Waals surface area contributed by atoms with Crippen molar-refractivity contribution in [2.75, 3.05) is 5.32 Å². The standard InChI is InChI=1S/C15H13Cl2N3O/c1-8-4-13-10(14(21)5-8)7-18-15(20-13)19-12-3-2-9(16)6-11(12)17/h2-3,6-8H,4-5H2,1H3,(H,18,19,20)/t8-/m0/s1. The first-order valence-corrected chi connectivity index (χ1v) is 7.39. The molecule has 0 aliphatic heterocycles. The van der Waals surface area contributed by atoms with E-state index in [1.54, 1.807) is 24.4 Å². The number of anilines is 2. The van der Waals surface area contributed by atoms with Crippen molar-refractivity contribution in [1.82, 2.24) is 9.97 Å². The smallest absolute Gasteiger partial charge is 0.227 e. The van der Waals surface area contributed by atoms with Crippen LogP contribution in [0.15, 0.2) is 24.4 Å². The van der Waals surface area contributed by atoms with E-state index in [9.17, 15) is 4.79 Å². The second-order valence-corrected chi connectivity index (χ2v) is 6.08. The minimum absolute atomic E-state index is 0.111. The molecule has 0 amide bonds. The topological polar surface area (TPSA) is 54.9 Å². The number of hydrogen-bond acceptors (Lipinski definition) is 4. The zero-order valence-electron chi connectivity index (χ0n) is 11.4. The van der Waals surface area contributed by atoms with Gasteiger partial charge < -0.3 is 5.32 Å². The van der Waals surface area contributed by atoms with Crippen molar-refractivity contribution in [3.8, 4) is 0 Å². The first kappa shape index (κ1) is 14.3. The van der Waals surface area contributed by atoms with Gasteiger partial charge in [-0.2, -0.15) is 0 Å². The van der Waals surface area contributed by atoms with Crippen molar-refractivity contribution < 1.29 is 4.79 Å². The Hall–Kier alpha value is -1.65. The van der Waals surface area contributed by atoms with Gasteiger partial charge in [-0.1, -0.05) is 30.1 Å². The Bertz CT molecular complexity index is 718. The van der Waals surface area contributed by atoms with E-state index in [2.05, 4.69) is 15.3 Å². The number of hydrogen-bond donors (Lipinski definition) is 1. The van der Waals surface area contributed by atoms with Gasteiger partial charge >= 0.3 is 0 Å². The van der Waals surface area contributed by atoms with Gasteiger partial charge in [0.05, 0.1) is 22.0 Å². The normalized spacial score (nSPS) is 17.5. The average Bonchev–Trinajstić information content (AvgIpc) is 2.41. The van der Waals surface area contributed by atoms with E-state index in [1.807, 2.05) is 6.92 Å². The Balaban J connectivity index is 1.90. The van der Waals surface area contributed by atoms with Crippen molar-refractivity contribution in [2.24, 2.45) is 5.92 Å². The third-order valence-electron chi connectivity index (χ3n) is 3.42. The van der Waals surface area contributed by atoms with Crippen molar-refractivity contribution >= 4 is 40.6 Å². The Morgan fingerprint density at radius 2 is 2.10 bits per heavy atom. The highest BCUT2D eigenvalue weighted by Gasteiger charge is 2.24. The molecule has 108 valence electrons. The molecule has 1 aliphatic rings. The van der Waals surface area contributed by atoms with Gasteiger partial charge in [0.15, 0.2) is 5.78 Å². The van der Waals surface area contributed by atoms with Crippen LogP contribution >= 0.6 is 23.2 Å². The Morgan fingerprint density at radius 1 is 1.29 bits per heavy atom. The summed E-state index contributed by atoms with van der Waals surface area (Å²) in [7, 11) is 0. The second-order valence-electron chi connectivity index (χ2n) is 5.24. The third-order valence-corrected chi connectivity index (χ3v) is 3.97. The molecule has 1 atom stereocenters. The third kappa shape index (κ3) is 3.01. The van der Waals surface area contributed by atoms with Gasteiger partial charge in [0.2, 0.25) is 5.95 Å². The summed E-state index contributed by atoms with van der Waals surface area (Å²) in [6, 6.07) is 5.15. The molecule has 1 aromatic heterocycles. The number of Topliss-reactive ketones (excluding diaryl/α,β-unsaturated/α-hetero) is 1. The van der Waals surface area contributed by atoms with E-state index >= 15 is 0 Å². The maximum absolute atomic E-state index is 11.9. The van der Waals surface area contributed by atoms with Crippen LogP contribution in [0.1, 0.15) is 29.4 Å². The number of nitrogens with zero attached hydrogens (tertiary/aromatic N) is 2. The van der Waals surface area contributed by atoms with Crippen molar-refractivity contribution in [1.29, 1.82) is 0 Å². The van der Waals surface area contributed by atoms with Crippen molar-refractivity contribution in [2.45, 2.75) is 19.8 Å². The molecule has 0 saturated heterocycles. The van der Waals surface area contributed by atoms with E-state index in [0.717, 1.165) is 12.1 Å². The maximum Gasteiger partial charge on any atom is 0.227 e. The summed E-state index contributed by atoms with van der Waals surface area (Å²) in [4.78, 5) is 20.6. The number of nitrogens with one attached hydrogen (secondary N) is 1. The first-order chi connectivity index (χ1) is 10.0. The van der Waals surface area contributed by atoms with Crippen LogP contribution in [0.4, 0.5) is 11.6 Å². The van der Waals surface area contributed by atoms with Gasteiger partial charge in [0.1, 0.15) is 0 Å². The largest absolute Gasteiger partial charge is 0.323 e. The predicted octanol–water partition coefficient (Wildman–Crippen LogP) is 4.29. The van der Waals surface area contributed by atoms with Crippen LogP contribution in [0.25, 0.3) is 0 Å². The molecule has 0 bridgehead atoms. The SMILES string of the molecule is C[C@@H]1CC(=O)c2cnc(Nc3ccc(Cl)cc3Cl)nc2C1. The van der Waals surface area contributed by atoms with E-state index in [1.165, 1.54) is 0 Å². The lowest BCUT2D eigenvalue weighted by molar-refractivity contribution is 0.0951. The number of fused-ring (bicyclic) bond motifs is 1. The molecule has 21 heavy (non-hydrogen) atoms. The van der Waals surface area contributed by atoms with Crippen LogP contribution in [0.5, 0.6) is 0 Å². The summed E-state index contributed by atoms with van der Waals surface area (Å²) < 4.78 is 0. The van der Waals surface area contributed by atoms with Gasteiger partial charge in [0, 0.05) is 17.6 Å². The lowest BCUT2D eigenvalue weighted by Gasteiger charge is -2.19. The Labute approximate surface area is 132 Å². The van der Waals surface area contributed by atoms with Gasteiger partial charge in [-0.25, -0.2) is 9.97 Å². The predicted molar refractivity (Wildman–Crippen MR) is 83.6 cm³/mol. The fourth-order valence-electron chi connectivity index (χ4n) is 2.41. The number of carbonyl (C=O) groups excluding carboxylic acids is 1. The molecule has 2 aromatic rings. The highest BCUT2D eigenvalue weighted by molar-refractivity contribution is 6.36. The molecule has 1 aliphatic carbocycles. The molecule has 0 radical (unpaired) electrons. The molecule has 1 aromatic carbocycles. The van der Waals surface area contributed by atoms with Gasteiger partial charge in [0.25, 0.3) is 0 Å². The van der Waals surface area contributed by atoms with Gasteiger partial charge in [-0.05, 0) is 30.5 Å². The van der Waals surface area contributed by atoms with Gasteiger partial charge in [-0.15, -0.1) is 0 Å². The summed E-state index contributed by atoms with van der Waals surface area (Å²) in [6.07, 6.45) is 2.93. The summed E-state index contributed by atoms with van der Waals surface area (Å²) in [5.74, 6) is 0.853. The molecule has 0 unspecified atom stereocenters. The second kappa shape index (κ2) is 5.62. The Kier molecular flexibility index (Phi) is 3.83. The first-order valence-electron chi connectivity index (χ1n) is 6.64. The number of aromatic nitrogens is 2. The number of rotatable bonds is 2. The minimum Gasteiger partial charge on any atom is -0.323 e. The summed E-state index contributed by atoms with van der Waals surface area (Å²) in [6.45, 7) is 2.05. The van der Waals surface area contributed by atoms with E-state index in [0.29, 0.717) is 39.6 Å². The highest BCUT2D eigenvalue weighted by Crippen LogP contribution is 2.28. The molecular formula is C15H13Cl2N3O. The lowest BCUT2D eigenvalue weighted by Crippen LogP contribution is -2.20. The lowest BCUT2D eigenvalue weighted by atomic mass is 9.88. The van der Waals surface area contributed by atoms with Crippen LogP contribution in [-0.4, -0.2) is 15.8 Å². The zero-order chi connectivity index (χ0) is 15.0. The highest BCUT2D eigenvalue weighted by atomic mass is 35.5. The fraction of sp³-hybridized carbons (Fsp3) is 0.267. The molecular weight excluding hydrogens is 309 g/mol. The molecule has 0 fully saturated rings. The monoisotopic (exact) mass is 321 g/mol. The molecule has 3 rings (SSSR count). The maximum atomic E-state index is 11.9. The number of benzene rings is 1. The number of halogens is 2. The minimum atomic E-state index is 0.111. The molecule has 6 heteroatoms. The molecule has 1 N–H and O–H groups in total. The quantitative estimate of drug-likeness (QED) is 0.896. The van der Waals surface area contributed by atoms with Crippen LogP contribution in [0.3, 0.4) is 0 Å². The summed E-state index contributed by atoms with van der Waals surface area (Å²) >= 11 is 12.0. The average molecular weight is 322 g/mol. The van der Waals surface area contributed by atoms with E-state index in [4.69, 9.17) is 23.2 Å². The molecule has 1 heterocycles. The van der Waals surface area contributed by atoms with Crippen LogP contribution in [0, 0.1) is 5.92 Å². The van der Waals surface area contributed by atoms with E-state index in [-0.39, 0.29) is 5.78 Å². The van der Waals surface area contributed by atoms with Crippen molar-refractivity contribution in [3.05, 3.63) is 45.7 Å². The van der Waals surface area contributed by atoms with E-state index < -0.39 is 0 Å². The molecule has 0 saturated carbocycles. The molecule has 4 nitrogen and oxygen atoms in total. The Morgan fingerprint density at radius 3 is 2.86 bits per heavy atom. The number of carbonyl (C=O) groups is 1. The van der Waals surface area contributed by atoms with Crippen molar-refractivity contribution in [3.63, 3.8) is 0 Å². The zero-order valence-corrected chi connectivity index (χ0v) is 12.9. The number of ketones is 1. The molecule has 0 spiro atoms. The van der Waals surface area contributed by atoms with Crippen LogP contribution < -0.4 is 5.32 Å². The van der Waals surface area contributed by atoms with Crippen LogP contribution in [0.2, 0.25) is 10.0 Å². The summed E-state index contributed by atoms with van der Waals surface area (Å²) in [5.41, 5.74) is 2.10.